The van der Waals surface area contributed by atoms with E-state index in [2.05, 4.69) is 26.9 Å². The molecule has 4 heterocycles. The Balaban J connectivity index is 0.000000517. The lowest BCUT2D eigenvalue weighted by atomic mass is 9.80. The molecule has 1 aromatic rings. The highest BCUT2D eigenvalue weighted by molar-refractivity contribution is 5.93. The molecular weight excluding hydrogens is 555 g/mol. The number of rotatable bonds is 7. The first kappa shape index (κ1) is 32.1. The molecule has 1 saturated carbocycles. The molecule has 2 N–H and O–H groups in total. The van der Waals surface area contributed by atoms with E-state index < -0.39 is 12.1 Å². The number of unbranched alkanes of at least 4 members (excludes halogenated alkanes) is 1. The van der Waals surface area contributed by atoms with Crippen molar-refractivity contribution in [3.63, 3.8) is 0 Å². The first-order valence-electron chi connectivity index (χ1n) is 15.4. The number of carbonyl (C=O) groups is 3. The van der Waals surface area contributed by atoms with Crippen molar-refractivity contribution in [2.45, 2.75) is 108 Å². The third-order valence-electron chi connectivity index (χ3n) is 9.42. The smallest absolute Gasteiger partial charge is 0.475 e. The Morgan fingerprint density at radius 2 is 1.74 bits per heavy atom. The van der Waals surface area contributed by atoms with Gasteiger partial charge in [-0.05, 0) is 38.0 Å². The number of halogens is 3. The van der Waals surface area contributed by atoms with Crippen LogP contribution in [-0.2, 0) is 9.53 Å². The summed E-state index contributed by atoms with van der Waals surface area (Å²) in [7, 11) is 0. The molecule has 0 radical (unpaired) electrons. The topological polar surface area (TPSA) is 119 Å². The fraction of sp³-hybridized carbons (Fsp3) is 0.793. The van der Waals surface area contributed by atoms with Gasteiger partial charge in [0.15, 0.2) is 0 Å². The van der Waals surface area contributed by atoms with Crippen molar-refractivity contribution in [1.29, 1.82) is 0 Å². The summed E-state index contributed by atoms with van der Waals surface area (Å²) >= 11 is 0. The SMILES string of the molecule is CCCCC1N(CC2CCCCC2)C(=O)OC12CCN(C1CCN(C(=O)c3cn[nH]c3)CC1)CC2.O=C(O)C(F)(F)F. The average Bonchev–Trinajstić information content (AvgIpc) is 3.60. The number of carboxylic acid groups (broad SMARTS) is 1. The van der Waals surface area contributed by atoms with Gasteiger partial charge in [0.05, 0.1) is 17.8 Å². The molecular formula is C29H44F3N5O5. The molecule has 1 unspecified atom stereocenters. The molecule has 0 aromatic carbocycles. The Kier molecular flexibility index (Phi) is 10.8. The number of ether oxygens (including phenoxy) is 1. The second kappa shape index (κ2) is 14.1. The standard InChI is InChI=1S/C27H43N5O3.C2HF3O2/c1-2-3-9-24-27(35-26(34)32(24)20-21-7-5-4-6-8-21)12-16-30(17-13-27)23-10-14-31(15-11-23)25(33)22-18-28-29-19-22;3-2(4,5)1(6)7/h18-19,21,23-24H,2-17,20H2,1H3,(H,28,29);(H,6,7). The number of aliphatic carboxylic acids is 1. The van der Waals surface area contributed by atoms with Gasteiger partial charge in [-0.3, -0.25) is 14.8 Å². The number of likely N-dealkylation sites (tertiary alicyclic amines) is 2. The molecule has 1 aromatic heterocycles. The zero-order chi connectivity index (χ0) is 30.3. The zero-order valence-electron chi connectivity index (χ0n) is 24.4. The van der Waals surface area contributed by atoms with Crippen LogP contribution in [0.25, 0.3) is 0 Å². The molecule has 1 aliphatic carbocycles. The van der Waals surface area contributed by atoms with Gasteiger partial charge in [0.25, 0.3) is 5.91 Å². The largest absolute Gasteiger partial charge is 0.490 e. The van der Waals surface area contributed by atoms with Crippen molar-refractivity contribution in [2.75, 3.05) is 32.7 Å². The van der Waals surface area contributed by atoms with E-state index in [1.165, 1.54) is 32.1 Å². The summed E-state index contributed by atoms with van der Waals surface area (Å²) < 4.78 is 38.0. The van der Waals surface area contributed by atoms with E-state index in [4.69, 9.17) is 14.6 Å². The van der Waals surface area contributed by atoms with Gasteiger partial charge < -0.3 is 19.6 Å². The lowest BCUT2D eigenvalue weighted by Gasteiger charge is -2.46. The van der Waals surface area contributed by atoms with Crippen molar-refractivity contribution >= 4 is 18.0 Å². The summed E-state index contributed by atoms with van der Waals surface area (Å²) in [5.74, 6) is -2.04. The summed E-state index contributed by atoms with van der Waals surface area (Å²) in [6, 6.07) is 0.735. The maximum Gasteiger partial charge on any atom is 0.490 e. The number of nitrogens with one attached hydrogen (secondary N) is 1. The van der Waals surface area contributed by atoms with Gasteiger partial charge in [0, 0.05) is 57.8 Å². The number of H-pyrrole nitrogens is 1. The minimum Gasteiger partial charge on any atom is -0.475 e. The van der Waals surface area contributed by atoms with Gasteiger partial charge in [-0.2, -0.15) is 18.3 Å². The summed E-state index contributed by atoms with van der Waals surface area (Å²) in [6.45, 7) is 6.67. The number of aromatic amines is 1. The van der Waals surface area contributed by atoms with Gasteiger partial charge in [0.2, 0.25) is 0 Å². The second-order valence-corrected chi connectivity index (χ2v) is 12.1. The number of hydrogen-bond acceptors (Lipinski definition) is 6. The van der Waals surface area contributed by atoms with Crippen molar-refractivity contribution in [2.24, 2.45) is 5.92 Å². The van der Waals surface area contributed by atoms with E-state index in [1.54, 1.807) is 12.4 Å². The first-order chi connectivity index (χ1) is 20.0. The van der Waals surface area contributed by atoms with Crippen molar-refractivity contribution < 1.29 is 37.4 Å². The number of carbonyl (C=O) groups excluding carboxylic acids is 2. The Morgan fingerprint density at radius 1 is 1.10 bits per heavy atom. The minimum atomic E-state index is -5.08. The first-order valence-corrected chi connectivity index (χ1v) is 15.4. The molecule has 4 fully saturated rings. The highest BCUT2D eigenvalue weighted by Crippen LogP contribution is 2.43. The maximum absolute atomic E-state index is 13.1. The predicted molar refractivity (Wildman–Crippen MR) is 148 cm³/mol. The van der Waals surface area contributed by atoms with Crippen LogP contribution < -0.4 is 0 Å². The van der Waals surface area contributed by atoms with Crippen LogP contribution in [0.15, 0.2) is 12.4 Å². The molecule has 42 heavy (non-hydrogen) atoms. The number of alkyl halides is 3. The third-order valence-corrected chi connectivity index (χ3v) is 9.42. The molecule has 10 nitrogen and oxygen atoms in total. The lowest BCUT2D eigenvalue weighted by Crippen LogP contribution is -2.56. The molecule has 2 amide bonds. The number of aromatic nitrogens is 2. The van der Waals surface area contributed by atoms with Crippen LogP contribution in [0.1, 0.15) is 94.3 Å². The fourth-order valence-corrected chi connectivity index (χ4v) is 7.07. The molecule has 5 rings (SSSR count). The maximum atomic E-state index is 13.1. The number of carboxylic acids is 1. The van der Waals surface area contributed by atoms with Crippen molar-refractivity contribution in [3.05, 3.63) is 18.0 Å². The molecule has 13 heteroatoms. The summed E-state index contributed by atoms with van der Waals surface area (Å²) in [5.41, 5.74) is 0.331. The number of piperidine rings is 2. The van der Waals surface area contributed by atoms with Crippen molar-refractivity contribution in [3.8, 4) is 0 Å². The number of nitrogens with zero attached hydrogens (tertiary/aromatic N) is 4. The molecule has 1 spiro atoms. The zero-order valence-corrected chi connectivity index (χ0v) is 24.4. The normalized spacial score (nSPS) is 23.9. The quantitative estimate of drug-likeness (QED) is 0.449. The van der Waals surface area contributed by atoms with Gasteiger partial charge in [-0.1, -0.05) is 39.0 Å². The molecule has 4 aliphatic rings. The van der Waals surface area contributed by atoms with Gasteiger partial charge >= 0.3 is 18.2 Å². The Hall–Kier alpha value is -2.83. The summed E-state index contributed by atoms with van der Waals surface area (Å²) in [5, 5.41) is 13.8. The molecule has 1 atom stereocenters. The lowest BCUT2D eigenvalue weighted by molar-refractivity contribution is -0.192. The van der Waals surface area contributed by atoms with E-state index in [9.17, 15) is 22.8 Å². The number of hydrogen-bond donors (Lipinski definition) is 2. The molecule has 3 aliphatic heterocycles. The van der Waals surface area contributed by atoms with Crippen LogP contribution in [0, 0.1) is 5.92 Å². The van der Waals surface area contributed by atoms with E-state index in [1.807, 2.05) is 4.90 Å². The van der Waals surface area contributed by atoms with Crippen LogP contribution in [0.2, 0.25) is 0 Å². The van der Waals surface area contributed by atoms with Gasteiger partial charge in [-0.15, -0.1) is 0 Å². The van der Waals surface area contributed by atoms with Gasteiger partial charge in [-0.25, -0.2) is 9.59 Å². The number of amides is 2. The highest BCUT2D eigenvalue weighted by Gasteiger charge is 2.55. The van der Waals surface area contributed by atoms with Crippen molar-refractivity contribution in [1.82, 2.24) is 24.9 Å². The predicted octanol–water partition coefficient (Wildman–Crippen LogP) is 5.07. The molecule has 3 saturated heterocycles. The van der Waals surface area contributed by atoms with Crippen LogP contribution in [-0.4, -0.2) is 105 Å². The Labute approximate surface area is 244 Å². The average molecular weight is 600 g/mol. The van der Waals surface area contributed by atoms with Crippen LogP contribution in [0.4, 0.5) is 18.0 Å². The molecule has 236 valence electrons. The fourth-order valence-electron chi connectivity index (χ4n) is 7.07. The minimum absolute atomic E-state index is 0.0591. The van der Waals surface area contributed by atoms with E-state index in [-0.39, 0.29) is 23.6 Å². The summed E-state index contributed by atoms with van der Waals surface area (Å²) in [4.78, 5) is 41.3. The van der Waals surface area contributed by atoms with E-state index in [0.29, 0.717) is 17.5 Å². The Bertz CT molecular complexity index is 1030. The van der Waals surface area contributed by atoms with Gasteiger partial charge in [0.1, 0.15) is 5.60 Å². The monoisotopic (exact) mass is 599 g/mol. The van der Waals surface area contributed by atoms with Crippen LogP contribution in [0.3, 0.4) is 0 Å². The third kappa shape index (κ3) is 7.76. The van der Waals surface area contributed by atoms with Crippen LogP contribution >= 0.6 is 0 Å². The Morgan fingerprint density at radius 3 is 2.29 bits per heavy atom. The highest BCUT2D eigenvalue weighted by atomic mass is 19.4. The van der Waals surface area contributed by atoms with Crippen LogP contribution in [0.5, 0.6) is 0 Å². The van der Waals surface area contributed by atoms with E-state index in [0.717, 1.165) is 77.7 Å². The summed E-state index contributed by atoms with van der Waals surface area (Å²) in [6.07, 6.45) is 11.8. The van der Waals surface area contributed by atoms with E-state index >= 15 is 0 Å². The molecule has 0 bridgehead atoms. The second-order valence-electron chi connectivity index (χ2n) is 12.1.